The number of ketones is 1. The number of nitrogens with zero attached hydrogens (tertiary/aromatic N) is 1. The summed E-state index contributed by atoms with van der Waals surface area (Å²) < 4.78 is 12.9. The SMILES string of the molecule is O=C(CBr)c1c([N+](=O)[O-])ccc(F)c1Br. The number of hydrogen-bond acceptors (Lipinski definition) is 3. The summed E-state index contributed by atoms with van der Waals surface area (Å²) >= 11 is 5.70. The molecule has 80 valence electrons. The molecule has 0 spiro atoms. The van der Waals surface area contributed by atoms with Crippen molar-refractivity contribution in [1.82, 2.24) is 0 Å². The number of rotatable bonds is 3. The van der Waals surface area contributed by atoms with E-state index in [0.29, 0.717) is 0 Å². The standard InChI is InChI=1S/C8H4Br2FNO3/c9-3-6(13)7-5(12(14)15)2-1-4(11)8(7)10/h1-2H,3H2. The number of nitro groups is 1. The maximum atomic E-state index is 13.1. The Balaban J connectivity index is 3.48. The van der Waals surface area contributed by atoms with Crippen LogP contribution >= 0.6 is 31.9 Å². The van der Waals surface area contributed by atoms with Gasteiger partial charge in [-0.3, -0.25) is 14.9 Å². The molecule has 0 bridgehead atoms. The van der Waals surface area contributed by atoms with E-state index in [-0.39, 0.29) is 15.4 Å². The first-order valence-corrected chi connectivity index (χ1v) is 5.62. The van der Waals surface area contributed by atoms with E-state index in [0.717, 1.165) is 12.1 Å². The van der Waals surface area contributed by atoms with Gasteiger partial charge in [-0.1, -0.05) is 15.9 Å². The van der Waals surface area contributed by atoms with Gasteiger partial charge in [-0.05, 0) is 22.0 Å². The number of nitro benzene ring substituents is 1. The molecule has 0 fully saturated rings. The van der Waals surface area contributed by atoms with Crippen LogP contribution in [0, 0.1) is 15.9 Å². The molecule has 0 heterocycles. The van der Waals surface area contributed by atoms with Gasteiger partial charge in [0.15, 0.2) is 5.78 Å². The normalized spacial score (nSPS) is 10.1. The second kappa shape index (κ2) is 4.80. The fourth-order valence-corrected chi connectivity index (χ4v) is 1.86. The van der Waals surface area contributed by atoms with Crippen molar-refractivity contribution in [3.63, 3.8) is 0 Å². The molecule has 0 saturated carbocycles. The van der Waals surface area contributed by atoms with Gasteiger partial charge in [-0.15, -0.1) is 0 Å². The van der Waals surface area contributed by atoms with E-state index in [4.69, 9.17) is 0 Å². The average Bonchev–Trinajstić information content (AvgIpc) is 2.20. The predicted octanol–water partition coefficient (Wildman–Crippen LogP) is 3.07. The molecule has 7 heteroatoms. The Bertz CT molecular complexity index is 436. The largest absolute Gasteiger partial charge is 0.293 e. The van der Waals surface area contributed by atoms with Gasteiger partial charge in [0.25, 0.3) is 5.69 Å². The summed E-state index contributed by atoms with van der Waals surface area (Å²) in [6.45, 7) is 0. The number of benzene rings is 1. The van der Waals surface area contributed by atoms with Crippen molar-refractivity contribution in [2.45, 2.75) is 0 Å². The van der Waals surface area contributed by atoms with E-state index >= 15 is 0 Å². The van der Waals surface area contributed by atoms with Gasteiger partial charge in [0.1, 0.15) is 11.4 Å². The molecule has 0 aliphatic rings. The molecule has 0 radical (unpaired) electrons. The molecule has 0 amide bonds. The Morgan fingerprint density at radius 3 is 2.60 bits per heavy atom. The third-order valence-electron chi connectivity index (χ3n) is 1.67. The van der Waals surface area contributed by atoms with Crippen LogP contribution in [0.15, 0.2) is 16.6 Å². The Hall–Kier alpha value is -0.820. The molecule has 0 aromatic heterocycles. The lowest BCUT2D eigenvalue weighted by atomic mass is 10.1. The molecule has 1 aromatic carbocycles. The molecule has 0 aliphatic heterocycles. The van der Waals surface area contributed by atoms with Crippen LogP contribution in [0.3, 0.4) is 0 Å². The smallest absolute Gasteiger partial charge is 0.281 e. The van der Waals surface area contributed by atoms with Crippen molar-refractivity contribution in [3.8, 4) is 0 Å². The van der Waals surface area contributed by atoms with E-state index < -0.39 is 22.2 Å². The van der Waals surface area contributed by atoms with Gasteiger partial charge >= 0.3 is 0 Å². The zero-order valence-electron chi connectivity index (χ0n) is 7.17. The van der Waals surface area contributed by atoms with Crippen molar-refractivity contribution >= 4 is 43.3 Å². The van der Waals surface area contributed by atoms with Crippen molar-refractivity contribution in [1.29, 1.82) is 0 Å². The third-order valence-corrected chi connectivity index (χ3v) is 2.95. The molecule has 0 unspecified atom stereocenters. The molecule has 0 saturated heterocycles. The van der Waals surface area contributed by atoms with Gasteiger partial charge in [0.2, 0.25) is 0 Å². The molecule has 1 aromatic rings. The summed E-state index contributed by atoms with van der Waals surface area (Å²) in [7, 11) is 0. The van der Waals surface area contributed by atoms with E-state index in [1.165, 1.54) is 0 Å². The quantitative estimate of drug-likeness (QED) is 0.367. The van der Waals surface area contributed by atoms with Crippen LogP contribution in [0.4, 0.5) is 10.1 Å². The summed E-state index contributed by atoms with van der Waals surface area (Å²) in [5.41, 5.74) is -0.662. The number of halogens is 3. The molecule has 15 heavy (non-hydrogen) atoms. The van der Waals surface area contributed by atoms with Crippen molar-refractivity contribution in [2.75, 3.05) is 5.33 Å². The lowest BCUT2D eigenvalue weighted by molar-refractivity contribution is -0.385. The lowest BCUT2D eigenvalue weighted by Crippen LogP contribution is -2.07. The monoisotopic (exact) mass is 339 g/mol. The topological polar surface area (TPSA) is 60.2 Å². The highest BCUT2D eigenvalue weighted by Gasteiger charge is 2.24. The first-order chi connectivity index (χ1) is 6.99. The van der Waals surface area contributed by atoms with Crippen LogP contribution in [0.25, 0.3) is 0 Å². The zero-order chi connectivity index (χ0) is 11.6. The number of hydrogen-bond donors (Lipinski definition) is 0. The van der Waals surface area contributed by atoms with Crippen LogP contribution in [-0.2, 0) is 0 Å². The molecule has 0 atom stereocenters. The highest BCUT2D eigenvalue weighted by Crippen LogP contribution is 2.29. The number of carbonyl (C=O) groups is 1. The van der Waals surface area contributed by atoms with Gasteiger partial charge in [0, 0.05) is 6.07 Å². The minimum absolute atomic E-state index is 0.101. The van der Waals surface area contributed by atoms with Crippen LogP contribution < -0.4 is 0 Å². The molecule has 0 aliphatic carbocycles. The summed E-state index contributed by atoms with van der Waals surface area (Å²) in [6.07, 6.45) is 0. The molecule has 4 nitrogen and oxygen atoms in total. The first kappa shape index (κ1) is 12.3. The Morgan fingerprint density at radius 2 is 2.13 bits per heavy atom. The van der Waals surface area contributed by atoms with E-state index in [1.807, 2.05) is 0 Å². The Kier molecular flexibility index (Phi) is 3.92. The van der Waals surface area contributed by atoms with Crippen LogP contribution in [0.1, 0.15) is 10.4 Å². The third kappa shape index (κ3) is 2.40. The highest BCUT2D eigenvalue weighted by atomic mass is 79.9. The molecule has 0 N–H and O–H groups in total. The summed E-state index contributed by atoms with van der Waals surface area (Å²) in [5, 5.41) is 10.5. The maximum absolute atomic E-state index is 13.1. The first-order valence-electron chi connectivity index (χ1n) is 3.70. The lowest BCUT2D eigenvalue weighted by Gasteiger charge is -2.03. The molecule has 1 rings (SSSR count). The molecular formula is C8H4Br2FNO3. The van der Waals surface area contributed by atoms with E-state index in [2.05, 4.69) is 31.9 Å². The fourth-order valence-electron chi connectivity index (χ4n) is 1.02. The summed E-state index contributed by atoms with van der Waals surface area (Å²) in [4.78, 5) is 21.2. The van der Waals surface area contributed by atoms with E-state index in [1.54, 1.807) is 0 Å². The van der Waals surface area contributed by atoms with Gasteiger partial charge in [-0.2, -0.15) is 0 Å². The Morgan fingerprint density at radius 1 is 1.53 bits per heavy atom. The fraction of sp³-hybridized carbons (Fsp3) is 0.125. The average molecular weight is 341 g/mol. The van der Waals surface area contributed by atoms with E-state index in [9.17, 15) is 19.3 Å². The van der Waals surface area contributed by atoms with Crippen LogP contribution in [0.2, 0.25) is 0 Å². The van der Waals surface area contributed by atoms with Gasteiger partial charge in [-0.25, -0.2) is 4.39 Å². The van der Waals surface area contributed by atoms with Crippen molar-refractivity contribution in [3.05, 3.63) is 38.1 Å². The zero-order valence-corrected chi connectivity index (χ0v) is 10.3. The maximum Gasteiger partial charge on any atom is 0.281 e. The predicted molar refractivity (Wildman–Crippen MR) is 58.9 cm³/mol. The van der Waals surface area contributed by atoms with Crippen LogP contribution in [-0.4, -0.2) is 16.0 Å². The van der Waals surface area contributed by atoms with Crippen molar-refractivity contribution in [2.24, 2.45) is 0 Å². The second-order valence-electron chi connectivity index (χ2n) is 2.57. The number of carbonyl (C=O) groups excluding carboxylic acids is 1. The van der Waals surface area contributed by atoms with Crippen molar-refractivity contribution < 1.29 is 14.1 Å². The van der Waals surface area contributed by atoms with Crippen LogP contribution in [0.5, 0.6) is 0 Å². The summed E-state index contributed by atoms with van der Waals surface area (Å²) in [6, 6.07) is 1.91. The number of alkyl halides is 1. The molecular weight excluding hydrogens is 337 g/mol. The Labute approximate surface area is 101 Å². The minimum atomic E-state index is -0.722. The number of Topliss-reactive ketones (excluding diaryl/α,β-unsaturated/α-hetero) is 1. The minimum Gasteiger partial charge on any atom is -0.293 e. The van der Waals surface area contributed by atoms with Gasteiger partial charge < -0.3 is 0 Å². The second-order valence-corrected chi connectivity index (χ2v) is 3.92. The summed E-state index contributed by atoms with van der Waals surface area (Å²) in [5.74, 6) is -1.25. The highest BCUT2D eigenvalue weighted by molar-refractivity contribution is 9.10. The van der Waals surface area contributed by atoms with Gasteiger partial charge in [0.05, 0.1) is 14.7 Å².